The molecule has 7 heteroatoms. The molecule has 0 saturated heterocycles. The van der Waals surface area contributed by atoms with Crippen molar-refractivity contribution in [3.63, 3.8) is 0 Å². The van der Waals surface area contributed by atoms with E-state index in [4.69, 9.17) is 4.74 Å². The summed E-state index contributed by atoms with van der Waals surface area (Å²) in [6.45, 7) is 6.16. The summed E-state index contributed by atoms with van der Waals surface area (Å²) in [5.41, 5.74) is 0.573. The van der Waals surface area contributed by atoms with Crippen molar-refractivity contribution in [3.8, 4) is 5.75 Å². The van der Waals surface area contributed by atoms with Gasteiger partial charge in [-0.3, -0.25) is 4.79 Å². The molecule has 0 heterocycles. The molecule has 22 heavy (non-hydrogen) atoms. The number of rotatable bonds is 9. The Labute approximate surface area is 131 Å². The maximum Gasteiger partial charge on any atom is 0.225 e. The fraction of sp³-hybridized carbons (Fsp3) is 0.400. The Morgan fingerprint density at radius 3 is 2.68 bits per heavy atom. The van der Waals surface area contributed by atoms with Crippen molar-refractivity contribution in [2.45, 2.75) is 13.3 Å². The average Bonchev–Trinajstić information content (AvgIpc) is 2.44. The zero-order chi connectivity index (χ0) is 16.6. The third-order valence-corrected chi connectivity index (χ3v) is 4.12. The molecule has 0 aromatic heterocycles. The topological polar surface area (TPSA) is 75.7 Å². The molecule has 1 aromatic rings. The second-order valence-corrected chi connectivity index (χ2v) is 6.62. The van der Waals surface area contributed by atoms with Crippen molar-refractivity contribution < 1.29 is 17.9 Å². The highest BCUT2D eigenvalue weighted by atomic mass is 32.2. The summed E-state index contributed by atoms with van der Waals surface area (Å²) in [4.78, 5) is 12.0. The van der Waals surface area contributed by atoms with Gasteiger partial charge in [-0.05, 0) is 19.1 Å². The summed E-state index contributed by atoms with van der Waals surface area (Å²) in [6, 6.07) is 7.11. The number of nitrogens with zero attached hydrogens (tertiary/aromatic N) is 1. The SMILES string of the molecule is C=CCN(CCC(=O)Nc1ccccc1OCC)S(C)(=O)=O. The normalized spacial score (nSPS) is 11.2. The van der Waals surface area contributed by atoms with E-state index in [1.807, 2.05) is 13.0 Å². The summed E-state index contributed by atoms with van der Waals surface area (Å²) in [5.74, 6) is 0.314. The average molecular weight is 326 g/mol. The predicted octanol–water partition coefficient (Wildman–Crippen LogP) is 1.86. The van der Waals surface area contributed by atoms with Gasteiger partial charge in [-0.15, -0.1) is 6.58 Å². The van der Waals surface area contributed by atoms with Gasteiger partial charge in [-0.1, -0.05) is 18.2 Å². The zero-order valence-electron chi connectivity index (χ0n) is 12.9. The molecular weight excluding hydrogens is 304 g/mol. The minimum Gasteiger partial charge on any atom is -0.492 e. The first-order valence-corrected chi connectivity index (χ1v) is 8.81. The van der Waals surface area contributed by atoms with Crippen LogP contribution in [-0.2, 0) is 14.8 Å². The lowest BCUT2D eigenvalue weighted by molar-refractivity contribution is -0.116. The maximum atomic E-state index is 12.0. The molecule has 0 spiro atoms. The quantitative estimate of drug-likeness (QED) is 0.703. The fourth-order valence-electron chi connectivity index (χ4n) is 1.83. The van der Waals surface area contributed by atoms with Gasteiger partial charge in [0.2, 0.25) is 15.9 Å². The van der Waals surface area contributed by atoms with E-state index in [2.05, 4.69) is 11.9 Å². The molecule has 0 radical (unpaired) electrons. The van der Waals surface area contributed by atoms with Crippen LogP contribution in [0, 0.1) is 0 Å². The van der Waals surface area contributed by atoms with Crippen LogP contribution >= 0.6 is 0 Å². The van der Waals surface area contributed by atoms with Crippen molar-refractivity contribution in [2.75, 3.05) is 31.3 Å². The number of para-hydroxylation sites is 2. The van der Waals surface area contributed by atoms with Gasteiger partial charge < -0.3 is 10.1 Å². The first kappa shape index (κ1) is 18.2. The Balaban J connectivity index is 2.65. The van der Waals surface area contributed by atoms with E-state index in [-0.39, 0.29) is 25.4 Å². The fourth-order valence-corrected chi connectivity index (χ4v) is 2.63. The molecule has 1 N–H and O–H groups in total. The molecule has 1 rings (SSSR count). The number of ether oxygens (including phenoxy) is 1. The number of carbonyl (C=O) groups is 1. The van der Waals surface area contributed by atoms with E-state index in [9.17, 15) is 13.2 Å². The third kappa shape index (κ3) is 5.87. The molecule has 0 aliphatic carbocycles. The van der Waals surface area contributed by atoms with Crippen LogP contribution in [-0.4, -0.2) is 44.6 Å². The lowest BCUT2D eigenvalue weighted by atomic mass is 10.2. The van der Waals surface area contributed by atoms with Crippen LogP contribution in [0.25, 0.3) is 0 Å². The van der Waals surface area contributed by atoms with Gasteiger partial charge in [0.1, 0.15) is 5.75 Å². The summed E-state index contributed by atoms with van der Waals surface area (Å²) < 4.78 is 29.7. The van der Waals surface area contributed by atoms with Crippen molar-refractivity contribution >= 4 is 21.6 Å². The number of carbonyl (C=O) groups excluding carboxylic acids is 1. The standard InChI is InChI=1S/C15H22N2O4S/c1-4-11-17(22(3,19)20)12-10-15(18)16-13-8-6-7-9-14(13)21-5-2/h4,6-9H,1,5,10-12H2,2-3H3,(H,16,18). The van der Waals surface area contributed by atoms with Gasteiger partial charge >= 0.3 is 0 Å². The molecule has 0 saturated carbocycles. The highest BCUT2D eigenvalue weighted by Crippen LogP contribution is 2.23. The van der Waals surface area contributed by atoms with Crippen molar-refractivity contribution in [3.05, 3.63) is 36.9 Å². The van der Waals surface area contributed by atoms with Crippen LogP contribution in [0.5, 0.6) is 5.75 Å². The predicted molar refractivity (Wildman–Crippen MR) is 87.5 cm³/mol. The van der Waals surface area contributed by atoms with Gasteiger partial charge in [0, 0.05) is 19.5 Å². The Bertz CT molecular complexity index is 614. The zero-order valence-corrected chi connectivity index (χ0v) is 13.7. The Morgan fingerprint density at radius 1 is 1.41 bits per heavy atom. The largest absolute Gasteiger partial charge is 0.492 e. The monoisotopic (exact) mass is 326 g/mol. The molecule has 0 aliphatic heterocycles. The van der Waals surface area contributed by atoms with E-state index in [1.165, 1.54) is 10.4 Å². The molecule has 1 aromatic carbocycles. The van der Waals surface area contributed by atoms with E-state index in [1.54, 1.807) is 18.2 Å². The second kappa shape index (κ2) is 8.55. The lowest BCUT2D eigenvalue weighted by Gasteiger charge is -2.18. The van der Waals surface area contributed by atoms with Crippen molar-refractivity contribution in [1.82, 2.24) is 4.31 Å². The summed E-state index contributed by atoms with van der Waals surface area (Å²) >= 11 is 0. The van der Waals surface area contributed by atoms with Crippen LogP contribution in [0.2, 0.25) is 0 Å². The first-order chi connectivity index (χ1) is 10.4. The van der Waals surface area contributed by atoms with Crippen LogP contribution in [0.15, 0.2) is 36.9 Å². The minimum absolute atomic E-state index is 0.0569. The number of amides is 1. The van der Waals surface area contributed by atoms with E-state index in [0.717, 1.165) is 6.26 Å². The number of hydrogen-bond acceptors (Lipinski definition) is 4. The van der Waals surface area contributed by atoms with Crippen LogP contribution < -0.4 is 10.1 Å². The number of sulfonamides is 1. The molecule has 0 unspecified atom stereocenters. The number of anilines is 1. The van der Waals surface area contributed by atoms with Crippen LogP contribution in [0.1, 0.15) is 13.3 Å². The lowest BCUT2D eigenvalue weighted by Crippen LogP contribution is -2.33. The van der Waals surface area contributed by atoms with Crippen molar-refractivity contribution in [1.29, 1.82) is 0 Å². The van der Waals surface area contributed by atoms with E-state index < -0.39 is 10.0 Å². The van der Waals surface area contributed by atoms with Crippen molar-refractivity contribution in [2.24, 2.45) is 0 Å². The molecule has 0 atom stereocenters. The Kier molecular flexibility index (Phi) is 7.07. The summed E-state index contributed by atoms with van der Waals surface area (Å²) in [5, 5.41) is 2.73. The van der Waals surface area contributed by atoms with Crippen LogP contribution in [0.3, 0.4) is 0 Å². The second-order valence-electron chi connectivity index (χ2n) is 4.64. The highest BCUT2D eigenvalue weighted by Gasteiger charge is 2.16. The van der Waals surface area contributed by atoms with Gasteiger partial charge in [0.05, 0.1) is 18.6 Å². The molecule has 0 aliphatic rings. The van der Waals surface area contributed by atoms with Gasteiger partial charge in [0.25, 0.3) is 0 Å². The molecular formula is C15H22N2O4S. The molecule has 6 nitrogen and oxygen atoms in total. The number of benzene rings is 1. The first-order valence-electron chi connectivity index (χ1n) is 6.96. The Hall–Kier alpha value is -1.86. The summed E-state index contributed by atoms with van der Waals surface area (Å²) in [7, 11) is -3.35. The highest BCUT2D eigenvalue weighted by molar-refractivity contribution is 7.88. The molecule has 0 fully saturated rings. The molecule has 1 amide bonds. The third-order valence-electron chi connectivity index (χ3n) is 2.85. The van der Waals surface area contributed by atoms with E-state index in [0.29, 0.717) is 18.0 Å². The van der Waals surface area contributed by atoms with Gasteiger partial charge in [-0.2, -0.15) is 4.31 Å². The number of nitrogens with one attached hydrogen (secondary N) is 1. The smallest absolute Gasteiger partial charge is 0.225 e. The number of hydrogen-bond donors (Lipinski definition) is 1. The Morgan fingerprint density at radius 2 is 2.09 bits per heavy atom. The van der Waals surface area contributed by atoms with Crippen LogP contribution in [0.4, 0.5) is 5.69 Å². The molecule has 0 bridgehead atoms. The van der Waals surface area contributed by atoms with Gasteiger partial charge in [0.15, 0.2) is 0 Å². The maximum absolute atomic E-state index is 12.0. The van der Waals surface area contributed by atoms with E-state index >= 15 is 0 Å². The molecule has 122 valence electrons. The minimum atomic E-state index is -3.35. The van der Waals surface area contributed by atoms with Gasteiger partial charge in [-0.25, -0.2) is 8.42 Å². The summed E-state index contributed by atoms with van der Waals surface area (Å²) in [6.07, 6.45) is 2.66.